The molecule has 0 saturated carbocycles. The molecule has 10 heteroatoms. The summed E-state index contributed by atoms with van der Waals surface area (Å²) in [5.74, 6) is 0.935. The Morgan fingerprint density at radius 1 is 1.09 bits per heavy atom. The van der Waals surface area contributed by atoms with E-state index >= 15 is 0 Å². The normalized spacial score (nSPS) is 10.9. The average molecular weight is 619 g/mol. The number of rotatable bonds is 8. The lowest BCUT2D eigenvalue weighted by Crippen LogP contribution is -2.17. The molecule has 3 aromatic carbocycles. The molecule has 1 heterocycles. The number of amides is 1. The van der Waals surface area contributed by atoms with Gasteiger partial charge in [-0.15, -0.1) is 11.3 Å². The number of aromatic nitrogens is 1. The summed E-state index contributed by atoms with van der Waals surface area (Å²) in [4.78, 5) is 17.1. The third kappa shape index (κ3) is 6.30. The standard InChI is InChI=1S/C25H20ClIN4O3S/c1-33-22-12-15(11-20(27)23(22)34-2)13-28-31-24(32)17-5-3-16(4-6-17)21-14-35-25(30-21)29-19-9-7-18(26)8-10-19/h3-14H,1-2H3,(H,29,30)(H,31,32)/b28-13-. The van der Waals surface area contributed by atoms with Gasteiger partial charge in [-0.1, -0.05) is 23.7 Å². The van der Waals surface area contributed by atoms with Gasteiger partial charge in [-0.3, -0.25) is 4.79 Å². The van der Waals surface area contributed by atoms with Gasteiger partial charge in [0.05, 0.1) is 29.7 Å². The van der Waals surface area contributed by atoms with Crippen molar-refractivity contribution in [2.45, 2.75) is 0 Å². The molecule has 1 amide bonds. The van der Waals surface area contributed by atoms with E-state index in [0.717, 1.165) is 31.2 Å². The van der Waals surface area contributed by atoms with E-state index in [1.165, 1.54) is 11.3 Å². The first-order valence-electron chi connectivity index (χ1n) is 10.3. The fraction of sp³-hybridized carbons (Fsp3) is 0.0800. The first-order chi connectivity index (χ1) is 17.0. The van der Waals surface area contributed by atoms with Crippen LogP contribution >= 0.6 is 45.5 Å². The molecular formula is C25H20ClIN4O3S. The molecule has 4 rings (SSSR count). The van der Waals surface area contributed by atoms with Crippen molar-refractivity contribution in [3.05, 3.63) is 85.8 Å². The maximum absolute atomic E-state index is 12.5. The number of hydrogen-bond acceptors (Lipinski definition) is 7. The van der Waals surface area contributed by atoms with Crippen LogP contribution in [0.5, 0.6) is 11.5 Å². The molecule has 0 aliphatic carbocycles. The number of ether oxygens (including phenoxy) is 2. The maximum atomic E-state index is 12.5. The zero-order valence-electron chi connectivity index (χ0n) is 18.7. The van der Waals surface area contributed by atoms with E-state index in [0.29, 0.717) is 22.1 Å². The number of hydrazone groups is 1. The summed E-state index contributed by atoms with van der Waals surface area (Å²) in [6, 6.07) is 18.3. The summed E-state index contributed by atoms with van der Waals surface area (Å²) in [5, 5.41) is 10.7. The molecule has 2 N–H and O–H groups in total. The van der Waals surface area contributed by atoms with Crippen LogP contribution in [0.2, 0.25) is 5.02 Å². The summed E-state index contributed by atoms with van der Waals surface area (Å²) >= 11 is 9.59. The SMILES string of the molecule is COc1cc(/C=N\NC(=O)c2ccc(-c3csc(Nc4ccc(Cl)cc4)n3)cc2)cc(I)c1OC. The zero-order valence-corrected chi connectivity index (χ0v) is 22.4. The van der Waals surface area contributed by atoms with E-state index < -0.39 is 0 Å². The van der Waals surface area contributed by atoms with Gasteiger partial charge in [-0.2, -0.15) is 5.10 Å². The lowest BCUT2D eigenvalue weighted by molar-refractivity contribution is 0.0955. The second-order valence-corrected chi connectivity index (χ2v) is 9.64. The second-order valence-electron chi connectivity index (χ2n) is 7.18. The molecule has 0 saturated heterocycles. The summed E-state index contributed by atoms with van der Waals surface area (Å²) in [6.45, 7) is 0. The summed E-state index contributed by atoms with van der Waals surface area (Å²) in [5.41, 5.74) is 6.45. The number of hydrogen-bond donors (Lipinski definition) is 2. The van der Waals surface area contributed by atoms with Crippen molar-refractivity contribution >= 4 is 68.5 Å². The van der Waals surface area contributed by atoms with Gasteiger partial charge in [0.15, 0.2) is 16.6 Å². The van der Waals surface area contributed by atoms with E-state index in [2.05, 4.69) is 43.4 Å². The fourth-order valence-corrected chi connectivity index (χ4v) is 4.87. The monoisotopic (exact) mass is 618 g/mol. The third-order valence-corrected chi connectivity index (χ3v) is 6.69. The largest absolute Gasteiger partial charge is 0.493 e. The Morgan fingerprint density at radius 2 is 1.83 bits per heavy atom. The number of benzene rings is 3. The Bertz CT molecular complexity index is 1360. The van der Waals surface area contributed by atoms with Crippen molar-refractivity contribution in [3.63, 3.8) is 0 Å². The van der Waals surface area contributed by atoms with Gasteiger partial charge in [0, 0.05) is 27.2 Å². The van der Waals surface area contributed by atoms with Crippen molar-refractivity contribution < 1.29 is 14.3 Å². The van der Waals surface area contributed by atoms with Crippen LogP contribution in [0.3, 0.4) is 0 Å². The first-order valence-corrected chi connectivity index (χ1v) is 12.6. The van der Waals surface area contributed by atoms with Crippen molar-refractivity contribution in [3.8, 4) is 22.8 Å². The minimum Gasteiger partial charge on any atom is -0.493 e. The molecule has 0 bridgehead atoms. The molecule has 7 nitrogen and oxygen atoms in total. The van der Waals surface area contributed by atoms with Crippen molar-refractivity contribution in [1.29, 1.82) is 0 Å². The van der Waals surface area contributed by atoms with Crippen molar-refractivity contribution in [2.24, 2.45) is 5.10 Å². The topological polar surface area (TPSA) is 84.8 Å². The van der Waals surface area contributed by atoms with E-state index in [1.807, 2.05) is 47.8 Å². The molecule has 0 fully saturated rings. The molecule has 35 heavy (non-hydrogen) atoms. The predicted octanol–water partition coefficient (Wildman–Crippen LogP) is 6.59. The van der Waals surface area contributed by atoms with E-state index in [1.54, 1.807) is 38.6 Å². The zero-order chi connectivity index (χ0) is 24.8. The van der Waals surface area contributed by atoms with Gasteiger partial charge >= 0.3 is 0 Å². The fourth-order valence-electron chi connectivity index (χ4n) is 3.16. The molecule has 1 aromatic heterocycles. The average Bonchev–Trinajstić information content (AvgIpc) is 3.33. The summed E-state index contributed by atoms with van der Waals surface area (Å²) in [7, 11) is 3.16. The van der Waals surface area contributed by atoms with Gasteiger partial charge in [-0.25, -0.2) is 10.4 Å². The highest BCUT2D eigenvalue weighted by Crippen LogP contribution is 2.33. The molecule has 0 spiro atoms. The Kier molecular flexibility index (Phi) is 8.21. The Labute approximate surface area is 225 Å². The Hall–Kier alpha value is -3.15. The van der Waals surface area contributed by atoms with E-state index in [4.69, 9.17) is 21.1 Å². The van der Waals surface area contributed by atoms with Crippen LogP contribution in [-0.4, -0.2) is 31.3 Å². The number of methoxy groups -OCH3 is 2. The number of carbonyl (C=O) groups is 1. The highest BCUT2D eigenvalue weighted by Gasteiger charge is 2.11. The highest BCUT2D eigenvalue weighted by molar-refractivity contribution is 14.1. The lowest BCUT2D eigenvalue weighted by Gasteiger charge is -2.10. The second kappa shape index (κ2) is 11.5. The molecule has 0 aliphatic heterocycles. The highest BCUT2D eigenvalue weighted by atomic mass is 127. The van der Waals surface area contributed by atoms with Crippen LogP contribution in [0.25, 0.3) is 11.3 Å². The molecule has 178 valence electrons. The number of anilines is 2. The smallest absolute Gasteiger partial charge is 0.271 e. The van der Waals surface area contributed by atoms with Gasteiger partial charge in [0.25, 0.3) is 5.91 Å². The molecule has 0 unspecified atom stereocenters. The quantitative estimate of drug-likeness (QED) is 0.132. The number of thiazole rings is 1. The van der Waals surface area contributed by atoms with Crippen LogP contribution in [-0.2, 0) is 0 Å². The Morgan fingerprint density at radius 3 is 2.51 bits per heavy atom. The summed E-state index contributed by atoms with van der Waals surface area (Å²) < 4.78 is 11.6. The van der Waals surface area contributed by atoms with Gasteiger partial charge in [0.1, 0.15) is 0 Å². The van der Waals surface area contributed by atoms with Crippen LogP contribution in [0, 0.1) is 3.57 Å². The minimum atomic E-state index is -0.314. The minimum absolute atomic E-state index is 0.314. The van der Waals surface area contributed by atoms with Crippen LogP contribution < -0.4 is 20.2 Å². The van der Waals surface area contributed by atoms with Crippen molar-refractivity contribution in [2.75, 3.05) is 19.5 Å². The maximum Gasteiger partial charge on any atom is 0.271 e. The Balaban J connectivity index is 1.38. The molecule has 0 radical (unpaired) electrons. The predicted molar refractivity (Wildman–Crippen MR) is 150 cm³/mol. The van der Waals surface area contributed by atoms with E-state index in [-0.39, 0.29) is 5.91 Å². The van der Waals surface area contributed by atoms with Gasteiger partial charge in [0.2, 0.25) is 0 Å². The molecule has 4 aromatic rings. The third-order valence-electron chi connectivity index (χ3n) is 4.88. The number of nitrogens with zero attached hydrogens (tertiary/aromatic N) is 2. The first kappa shape index (κ1) is 25.0. The van der Waals surface area contributed by atoms with Crippen LogP contribution in [0.15, 0.2) is 71.1 Å². The van der Waals surface area contributed by atoms with Crippen LogP contribution in [0.1, 0.15) is 15.9 Å². The van der Waals surface area contributed by atoms with Gasteiger partial charge in [-0.05, 0) is 76.7 Å². The molecule has 0 aliphatic rings. The van der Waals surface area contributed by atoms with E-state index in [9.17, 15) is 4.79 Å². The van der Waals surface area contributed by atoms with Gasteiger partial charge < -0.3 is 14.8 Å². The number of nitrogens with one attached hydrogen (secondary N) is 2. The molecule has 0 atom stereocenters. The lowest BCUT2D eigenvalue weighted by atomic mass is 10.1. The number of halogens is 2. The number of carbonyl (C=O) groups excluding carboxylic acids is 1. The molecular weight excluding hydrogens is 599 g/mol. The summed E-state index contributed by atoms with van der Waals surface area (Å²) in [6.07, 6.45) is 1.56. The van der Waals surface area contributed by atoms with Crippen molar-refractivity contribution in [1.82, 2.24) is 10.4 Å². The van der Waals surface area contributed by atoms with Crippen LogP contribution in [0.4, 0.5) is 10.8 Å².